The van der Waals surface area contributed by atoms with E-state index in [2.05, 4.69) is 29.2 Å². The fourth-order valence-corrected chi connectivity index (χ4v) is 3.36. The molecule has 1 amide bonds. The highest BCUT2D eigenvalue weighted by molar-refractivity contribution is 7.18. The van der Waals surface area contributed by atoms with Gasteiger partial charge in [-0.2, -0.15) is 0 Å². The Hall–Kier alpha value is -1.34. The minimum atomic E-state index is -0.0873. The lowest BCUT2D eigenvalue weighted by molar-refractivity contribution is 0.0921. The van der Waals surface area contributed by atoms with Crippen molar-refractivity contribution in [3.05, 3.63) is 4.88 Å². The molecule has 0 saturated carbocycles. The summed E-state index contributed by atoms with van der Waals surface area (Å²) in [5.74, 6) is 0.249. The van der Waals surface area contributed by atoms with Crippen LogP contribution in [0.25, 0.3) is 0 Å². The third-order valence-corrected chi connectivity index (χ3v) is 4.97. The summed E-state index contributed by atoms with van der Waals surface area (Å²) >= 11 is 1.37. The Morgan fingerprint density at radius 3 is 2.81 bits per heavy atom. The third kappa shape index (κ3) is 4.07. The maximum absolute atomic E-state index is 12.4. The molecule has 6 nitrogen and oxygen atoms in total. The summed E-state index contributed by atoms with van der Waals surface area (Å²) in [6, 6.07) is 0.243. The summed E-state index contributed by atoms with van der Waals surface area (Å²) in [4.78, 5) is 21.5. The number of amides is 1. The smallest absolute Gasteiger partial charge is 0.265 e. The molecular formula is C14H25N5OS. The van der Waals surface area contributed by atoms with E-state index < -0.39 is 0 Å². The maximum atomic E-state index is 12.4. The highest BCUT2D eigenvalue weighted by Gasteiger charge is 2.23. The van der Waals surface area contributed by atoms with Gasteiger partial charge in [-0.25, -0.2) is 4.98 Å². The number of carbonyl (C=O) groups is 1. The van der Waals surface area contributed by atoms with Crippen molar-refractivity contribution in [1.82, 2.24) is 15.2 Å². The number of likely N-dealkylation sites (tertiary alicyclic amines) is 1. The van der Waals surface area contributed by atoms with Crippen LogP contribution in [0.1, 0.15) is 35.9 Å². The van der Waals surface area contributed by atoms with Gasteiger partial charge in [-0.15, -0.1) is 0 Å². The predicted molar refractivity (Wildman–Crippen MR) is 88.1 cm³/mol. The van der Waals surface area contributed by atoms with Crippen LogP contribution in [-0.4, -0.2) is 55.6 Å². The van der Waals surface area contributed by atoms with Crippen molar-refractivity contribution in [2.45, 2.75) is 32.2 Å². The fourth-order valence-electron chi connectivity index (χ4n) is 2.48. The molecule has 0 aromatic carbocycles. The van der Waals surface area contributed by atoms with E-state index in [4.69, 9.17) is 5.73 Å². The van der Waals surface area contributed by atoms with Crippen LogP contribution in [0.3, 0.4) is 0 Å². The van der Waals surface area contributed by atoms with Gasteiger partial charge in [-0.1, -0.05) is 18.3 Å². The first-order chi connectivity index (χ1) is 10.0. The molecule has 0 bridgehead atoms. The minimum absolute atomic E-state index is 0.0873. The number of nitrogens with one attached hydrogen (secondary N) is 1. The number of thiazole rings is 1. The molecular weight excluding hydrogens is 286 g/mol. The molecule has 21 heavy (non-hydrogen) atoms. The second-order valence-corrected chi connectivity index (χ2v) is 6.66. The molecule has 1 aliphatic rings. The normalized spacial score (nSPS) is 16.9. The van der Waals surface area contributed by atoms with Crippen LogP contribution in [0.5, 0.6) is 0 Å². The molecule has 1 aliphatic heterocycles. The van der Waals surface area contributed by atoms with Crippen LogP contribution in [-0.2, 0) is 0 Å². The molecule has 7 heteroatoms. The number of rotatable bonds is 5. The molecule has 1 saturated heterocycles. The van der Waals surface area contributed by atoms with Gasteiger partial charge in [-0.3, -0.25) is 4.79 Å². The van der Waals surface area contributed by atoms with E-state index in [1.807, 2.05) is 11.9 Å². The minimum Gasteiger partial charge on any atom is -0.382 e. The van der Waals surface area contributed by atoms with E-state index in [9.17, 15) is 4.79 Å². The third-order valence-electron chi connectivity index (χ3n) is 3.79. The highest BCUT2D eigenvalue weighted by atomic mass is 32.1. The molecule has 0 aliphatic carbocycles. The first-order valence-corrected chi connectivity index (χ1v) is 8.29. The number of hydrogen-bond acceptors (Lipinski definition) is 6. The fraction of sp³-hybridized carbons (Fsp3) is 0.714. The first-order valence-electron chi connectivity index (χ1n) is 7.48. The molecule has 2 heterocycles. The van der Waals surface area contributed by atoms with Crippen molar-refractivity contribution in [3.8, 4) is 0 Å². The highest BCUT2D eigenvalue weighted by Crippen LogP contribution is 2.27. The summed E-state index contributed by atoms with van der Waals surface area (Å²) in [6.45, 7) is 5.06. The Labute approximate surface area is 130 Å². The number of nitrogens with zero attached hydrogens (tertiary/aromatic N) is 3. The van der Waals surface area contributed by atoms with E-state index in [1.54, 1.807) is 0 Å². The molecule has 118 valence electrons. The molecule has 0 spiro atoms. The number of aromatic nitrogens is 1. The van der Waals surface area contributed by atoms with Crippen LogP contribution >= 0.6 is 11.3 Å². The molecule has 0 unspecified atom stereocenters. The second-order valence-electron chi connectivity index (χ2n) is 5.68. The van der Waals surface area contributed by atoms with Gasteiger partial charge in [0.25, 0.3) is 5.91 Å². The average Bonchev–Trinajstić information content (AvgIpc) is 2.84. The van der Waals surface area contributed by atoms with Crippen LogP contribution in [0.15, 0.2) is 0 Å². The zero-order chi connectivity index (χ0) is 15.4. The Kier molecular flexibility index (Phi) is 5.41. The van der Waals surface area contributed by atoms with E-state index in [-0.39, 0.29) is 11.9 Å². The van der Waals surface area contributed by atoms with E-state index in [0.29, 0.717) is 10.7 Å². The van der Waals surface area contributed by atoms with Gasteiger partial charge in [0.05, 0.1) is 0 Å². The average molecular weight is 311 g/mol. The first kappa shape index (κ1) is 16.0. The monoisotopic (exact) mass is 311 g/mol. The summed E-state index contributed by atoms with van der Waals surface area (Å²) in [6.07, 6.45) is 3.01. The van der Waals surface area contributed by atoms with Gasteiger partial charge in [0.15, 0.2) is 5.13 Å². The number of nitrogens with two attached hydrogens (primary N) is 1. The topological polar surface area (TPSA) is 74.5 Å². The lowest BCUT2D eigenvalue weighted by Gasteiger charge is -2.29. The Bertz CT molecular complexity index is 482. The number of hydrogen-bond donors (Lipinski definition) is 2. The van der Waals surface area contributed by atoms with Crippen LogP contribution < -0.4 is 16.0 Å². The summed E-state index contributed by atoms with van der Waals surface area (Å²) < 4.78 is 0. The van der Waals surface area contributed by atoms with Crippen LogP contribution in [0.2, 0.25) is 0 Å². The second kappa shape index (κ2) is 7.09. The lowest BCUT2D eigenvalue weighted by atomic mass is 10.1. The van der Waals surface area contributed by atoms with Crippen molar-refractivity contribution < 1.29 is 4.79 Å². The number of anilines is 2. The number of piperidine rings is 1. The SMILES string of the molecule is CCCN(C)c1nc(N)c(C(=O)NC2CCN(C)CC2)s1. The van der Waals surface area contributed by atoms with Gasteiger partial charge in [0.2, 0.25) is 0 Å². The Morgan fingerprint density at radius 1 is 1.52 bits per heavy atom. The molecule has 1 aromatic heterocycles. The molecule has 3 N–H and O–H groups in total. The number of nitrogen functional groups attached to an aromatic ring is 1. The molecule has 0 atom stereocenters. The maximum Gasteiger partial charge on any atom is 0.265 e. The summed E-state index contributed by atoms with van der Waals surface area (Å²) in [5, 5.41) is 3.90. The Morgan fingerprint density at radius 2 is 2.19 bits per heavy atom. The number of carbonyl (C=O) groups excluding carboxylic acids is 1. The van der Waals surface area contributed by atoms with Crippen LogP contribution in [0, 0.1) is 0 Å². The van der Waals surface area contributed by atoms with Crippen molar-refractivity contribution in [3.63, 3.8) is 0 Å². The van der Waals surface area contributed by atoms with Crippen LogP contribution in [0.4, 0.5) is 10.9 Å². The zero-order valence-corrected chi connectivity index (χ0v) is 13.9. The van der Waals surface area contributed by atoms with E-state index >= 15 is 0 Å². The zero-order valence-electron chi connectivity index (χ0n) is 13.1. The lowest BCUT2D eigenvalue weighted by Crippen LogP contribution is -2.43. The van der Waals surface area contributed by atoms with Gasteiger partial charge in [0, 0.05) is 19.6 Å². The standard InChI is InChI=1S/C14H25N5OS/c1-4-7-19(3)14-17-12(15)11(21-14)13(20)16-10-5-8-18(2)9-6-10/h10H,4-9,15H2,1-3H3,(H,16,20). The summed E-state index contributed by atoms with van der Waals surface area (Å²) in [5.41, 5.74) is 5.91. The molecule has 0 radical (unpaired) electrons. The van der Waals surface area contributed by atoms with Gasteiger partial charge < -0.3 is 20.9 Å². The van der Waals surface area contributed by atoms with E-state index in [1.165, 1.54) is 11.3 Å². The van der Waals surface area contributed by atoms with Crippen molar-refractivity contribution >= 4 is 28.2 Å². The van der Waals surface area contributed by atoms with Crippen molar-refractivity contribution in [1.29, 1.82) is 0 Å². The van der Waals surface area contributed by atoms with E-state index in [0.717, 1.165) is 44.0 Å². The molecule has 1 fully saturated rings. The predicted octanol–water partition coefficient (Wildman–Crippen LogP) is 1.40. The quantitative estimate of drug-likeness (QED) is 0.860. The van der Waals surface area contributed by atoms with Gasteiger partial charge >= 0.3 is 0 Å². The van der Waals surface area contributed by atoms with Crippen molar-refractivity contribution in [2.24, 2.45) is 0 Å². The largest absolute Gasteiger partial charge is 0.382 e. The van der Waals surface area contributed by atoms with Gasteiger partial charge in [0.1, 0.15) is 10.7 Å². The van der Waals surface area contributed by atoms with Crippen molar-refractivity contribution in [2.75, 3.05) is 44.4 Å². The molecule has 1 aromatic rings. The summed E-state index contributed by atoms with van der Waals surface area (Å²) in [7, 11) is 4.08. The Balaban J connectivity index is 1.99. The molecule has 2 rings (SSSR count). The van der Waals surface area contributed by atoms with Gasteiger partial charge in [-0.05, 0) is 39.4 Å².